The maximum absolute atomic E-state index is 9.85. The van der Waals surface area contributed by atoms with Crippen molar-refractivity contribution in [1.29, 1.82) is 0 Å². The van der Waals surface area contributed by atoms with Crippen molar-refractivity contribution >= 4 is 0 Å². The van der Waals surface area contributed by atoms with Gasteiger partial charge in [0.05, 0.1) is 13.7 Å². The zero-order valence-electron chi connectivity index (χ0n) is 11.3. The molecule has 0 bridgehead atoms. The molecule has 1 fully saturated rings. The van der Waals surface area contributed by atoms with Crippen LogP contribution in [0, 0.1) is 0 Å². The van der Waals surface area contributed by atoms with Crippen molar-refractivity contribution in [3.05, 3.63) is 18.2 Å². The van der Waals surface area contributed by atoms with Crippen LogP contribution in [0.3, 0.4) is 0 Å². The molecule has 1 saturated heterocycles. The Hall–Kier alpha value is -1.58. The molecule has 118 valence electrons. The molecule has 0 aliphatic carbocycles. The van der Waals surface area contributed by atoms with Crippen LogP contribution in [-0.4, -0.2) is 70.0 Å². The highest BCUT2D eigenvalue weighted by atomic mass is 16.7. The summed E-state index contributed by atoms with van der Waals surface area (Å²) in [7, 11) is 1.43. The lowest BCUT2D eigenvalue weighted by atomic mass is 9.99. The number of hydrogen-bond acceptors (Lipinski definition) is 8. The number of hydrogen-bond donors (Lipinski definition) is 5. The highest BCUT2D eigenvalue weighted by Crippen LogP contribution is 2.33. The van der Waals surface area contributed by atoms with E-state index in [1.165, 1.54) is 25.3 Å². The molecule has 0 amide bonds. The predicted molar refractivity (Wildman–Crippen MR) is 69.1 cm³/mol. The van der Waals surface area contributed by atoms with Crippen molar-refractivity contribution < 1.29 is 39.7 Å². The smallest absolute Gasteiger partial charge is 0.229 e. The highest BCUT2D eigenvalue weighted by molar-refractivity contribution is 5.44. The van der Waals surface area contributed by atoms with E-state index >= 15 is 0 Å². The Balaban J connectivity index is 2.18. The molecular formula is C13H18O8. The summed E-state index contributed by atoms with van der Waals surface area (Å²) in [6.07, 6.45) is -7.01. The summed E-state index contributed by atoms with van der Waals surface area (Å²) in [6.45, 7) is -0.561. The molecule has 0 aromatic heterocycles. The molecule has 0 radical (unpaired) electrons. The van der Waals surface area contributed by atoms with Gasteiger partial charge in [-0.1, -0.05) is 0 Å². The summed E-state index contributed by atoms with van der Waals surface area (Å²) >= 11 is 0. The van der Waals surface area contributed by atoms with Crippen LogP contribution in [0.25, 0.3) is 0 Å². The number of rotatable bonds is 4. The second kappa shape index (κ2) is 6.46. The molecule has 8 heteroatoms. The number of ether oxygens (including phenoxy) is 3. The van der Waals surface area contributed by atoms with Gasteiger partial charge in [0.2, 0.25) is 6.29 Å². The van der Waals surface area contributed by atoms with E-state index < -0.39 is 37.3 Å². The SMILES string of the molecule is COc1ccc(O)c(O[C@@H]2O[C@H](CO)[C@@H](O)[C@H](O)[C@H]2O)c1. The zero-order valence-corrected chi connectivity index (χ0v) is 11.3. The van der Waals surface area contributed by atoms with Crippen molar-refractivity contribution in [2.24, 2.45) is 0 Å². The molecule has 1 aliphatic rings. The Bertz CT molecular complexity index is 477. The average Bonchev–Trinajstić information content (AvgIpc) is 2.49. The van der Waals surface area contributed by atoms with Gasteiger partial charge < -0.3 is 39.7 Å². The van der Waals surface area contributed by atoms with Crippen molar-refractivity contribution in [2.45, 2.75) is 30.7 Å². The number of methoxy groups -OCH3 is 1. The van der Waals surface area contributed by atoms with Gasteiger partial charge in [0, 0.05) is 6.07 Å². The fourth-order valence-electron chi connectivity index (χ4n) is 2.01. The van der Waals surface area contributed by atoms with Crippen LogP contribution in [0.5, 0.6) is 17.2 Å². The molecule has 21 heavy (non-hydrogen) atoms. The molecule has 5 atom stereocenters. The first kappa shape index (κ1) is 15.8. The van der Waals surface area contributed by atoms with E-state index in [2.05, 4.69) is 0 Å². The molecule has 1 heterocycles. The summed E-state index contributed by atoms with van der Waals surface area (Å²) in [5, 5.41) is 48.0. The molecule has 1 aromatic carbocycles. The third-order valence-electron chi connectivity index (χ3n) is 3.26. The monoisotopic (exact) mass is 302 g/mol. The van der Waals surface area contributed by atoms with Gasteiger partial charge in [-0.15, -0.1) is 0 Å². The van der Waals surface area contributed by atoms with Crippen molar-refractivity contribution in [2.75, 3.05) is 13.7 Å². The van der Waals surface area contributed by atoms with E-state index in [1.54, 1.807) is 0 Å². The second-order valence-corrected chi connectivity index (χ2v) is 4.65. The van der Waals surface area contributed by atoms with Crippen LogP contribution in [0.15, 0.2) is 18.2 Å². The first-order valence-electron chi connectivity index (χ1n) is 6.32. The highest BCUT2D eigenvalue weighted by Gasteiger charge is 2.44. The Labute approximate surface area is 120 Å². The first-order chi connectivity index (χ1) is 9.97. The second-order valence-electron chi connectivity index (χ2n) is 4.65. The van der Waals surface area contributed by atoms with Gasteiger partial charge in [-0.25, -0.2) is 0 Å². The average molecular weight is 302 g/mol. The quantitative estimate of drug-likeness (QED) is 0.458. The van der Waals surface area contributed by atoms with Crippen LogP contribution in [0.1, 0.15) is 0 Å². The van der Waals surface area contributed by atoms with Crippen molar-refractivity contribution in [1.82, 2.24) is 0 Å². The third-order valence-corrected chi connectivity index (χ3v) is 3.26. The molecule has 1 aliphatic heterocycles. The van der Waals surface area contributed by atoms with Gasteiger partial charge in [0.1, 0.15) is 30.2 Å². The summed E-state index contributed by atoms with van der Waals surface area (Å²) in [5.41, 5.74) is 0. The summed E-state index contributed by atoms with van der Waals surface area (Å²) in [6, 6.07) is 4.21. The number of aliphatic hydroxyl groups excluding tert-OH is 4. The van der Waals surface area contributed by atoms with E-state index in [-0.39, 0.29) is 11.5 Å². The molecule has 0 unspecified atom stereocenters. The molecular weight excluding hydrogens is 284 g/mol. The van der Waals surface area contributed by atoms with E-state index in [9.17, 15) is 20.4 Å². The molecule has 2 rings (SSSR count). The van der Waals surface area contributed by atoms with E-state index in [1.807, 2.05) is 0 Å². The Morgan fingerprint density at radius 1 is 1.14 bits per heavy atom. The molecule has 1 aromatic rings. The number of aromatic hydroxyl groups is 1. The number of phenols is 1. The van der Waals surface area contributed by atoms with Crippen molar-refractivity contribution in [3.8, 4) is 17.2 Å². The molecule has 0 saturated carbocycles. The van der Waals surface area contributed by atoms with Gasteiger partial charge in [-0.3, -0.25) is 0 Å². The maximum Gasteiger partial charge on any atom is 0.229 e. The lowest BCUT2D eigenvalue weighted by Crippen LogP contribution is -2.60. The fourth-order valence-corrected chi connectivity index (χ4v) is 2.01. The molecule has 5 N–H and O–H groups in total. The van der Waals surface area contributed by atoms with Gasteiger partial charge in [0.25, 0.3) is 0 Å². The summed E-state index contributed by atoms with van der Waals surface area (Å²) in [4.78, 5) is 0. The number of aliphatic hydroxyl groups is 4. The van der Waals surface area contributed by atoms with Gasteiger partial charge in [-0.05, 0) is 12.1 Å². The minimum atomic E-state index is -1.55. The lowest BCUT2D eigenvalue weighted by Gasteiger charge is -2.39. The summed E-state index contributed by atoms with van der Waals surface area (Å²) < 4.78 is 15.5. The van der Waals surface area contributed by atoms with Gasteiger partial charge in [0.15, 0.2) is 11.5 Å². The van der Waals surface area contributed by atoms with Gasteiger partial charge in [-0.2, -0.15) is 0 Å². The third kappa shape index (κ3) is 3.20. The Morgan fingerprint density at radius 2 is 1.86 bits per heavy atom. The first-order valence-corrected chi connectivity index (χ1v) is 6.32. The zero-order chi connectivity index (χ0) is 15.6. The molecule has 0 spiro atoms. The van der Waals surface area contributed by atoms with E-state index in [0.29, 0.717) is 5.75 Å². The normalized spacial score (nSPS) is 32.7. The minimum absolute atomic E-state index is 0.0290. The van der Waals surface area contributed by atoms with Crippen LogP contribution in [0.4, 0.5) is 0 Å². The topological polar surface area (TPSA) is 129 Å². The van der Waals surface area contributed by atoms with E-state index in [0.717, 1.165) is 0 Å². The summed E-state index contributed by atoms with van der Waals surface area (Å²) in [5.74, 6) is 0.166. The van der Waals surface area contributed by atoms with Crippen LogP contribution in [-0.2, 0) is 4.74 Å². The standard InChI is InChI=1S/C13H18O8/c1-19-6-2-3-7(15)8(4-6)20-13-12(18)11(17)10(16)9(5-14)21-13/h2-4,9-18H,5H2,1H3/t9-,10-,11+,12-,13-/m1/s1. The predicted octanol–water partition coefficient (Wildman–Crippen LogP) is -1.42. The van der Waals surface area contributed by atoms with E-state index in [4.69, 9.17) is 19.3 Å². The Morgan fingerprint density at radius 3 is 2.48 bits per heavy atom. The minimum Gasteiger partial charge on any atom is -0.504 e. The largest absolute Gasteiger partial charge is 0.504 e. The van der Waals surface area contributed by atoms with Gasteiger partial charge >= 0.3 is 0 Å². The number of phenolic OH excluding ortho intramolecular Hbond substituents is 1. The van der Waals surface area contributed by atoms with Crippen LogP contribution in [0.2, 0.25) is 0 Å². The van der Waals surface area contributed by atoms with Crippen LogP contribution < -0.4 is 9.47 Å². The maximum atomic E-state index is 9.85. The molecule has 8 nitrogen and oxygen atoms in total. The Kier molecular flexibility index (Phi) is 4.86. The van der Waals surface area contributed by atoms with Crippen LogP contribution >= 0.6 is 0 Å². The van der Waals surface area contributed by atoms with Crippen molar-refractivity contribution in [3.63, 3.8) is 0 Å². The number of benzene rings is 1. The fraction of sp³-hybridized carbons (Fsp3) is 0.538. The lowest BCUT2D eigenvalue weighted by molar-refractivity contribution is -0.277.